The highest BCUT2D eigenvalue weighted by Gasteiger charge is 2.21. The van der Waals surface area contributed by atoms with Gasteiger partial charge in [-0.25, -0.2) is 4.98 Å². The van der Waals surface area contributed by atoms with Crippen molar-refractivity contribution in [3.63, 3.8) is 0 Å². The molecule has 2 aromatic rings. The number of amides is 1. The molecule has 0 saturated carbocycles. The Hall–Kier alpha value is -1.69. The number of nitrogens with zero attached hydrogens (tertiary/aromatic N) is 3. The van der Waals surface area contributed by atoms with Crippen molar-refractivity contribution in [1.82, 2.24) is 14.8 Å². The van der Waals surface area contributed by atoms with E-state index in [1.807, 2.05) is 45.5 Å². The normalized spacial score (nSPS) is 11.7. The highest BCUT2D eigenvalue weighted by atomic mass is 32.1. The monoisotopic (exact) mass is 292 g/mol. The summed E-state index contributed by atoms with van der Waals surface area (Å²) in [6, 6.07) is 0. The zero-order valence-electron chi connectivity index (χ0n) is 12.5. The molecule has 0 aromatic carbocycles. The van der Waals surface area contributed by atoms with Gasteiger partial charge in [0, 0.05) is 16.5 Å². The molecule has 2 heterocycles. The summed E-state index contributed by atoms with van der Waals surface area (Å²) in [5.41, 5.74) is 1.36. The van der Waals surface area contributed by atoms with Crippen LogP contribution < -0.4 is 5.32 Å². The van der Waals surface area contributed by atoms with E-state index in [0.29, 0.717) is 6.54 Å². The Morgan fingerprint density at radius 1 is 1.40 bits per heavy atom. The quantitative estimate of drug-likeness (QED) is 0.946. The van der Waals surface area contributed by atoms with E-state index in [2.05, 4.69) is 15.4 Å². The molecule has 0 unspecified atom stereocenters. The Kier molecular flexibility index (Phi) is 3.94. The molecule has 0 aliphatic rings. The summed E-state index contributed by atoms with van der Waals surface area (Å²) in [5.74, 6) is -0.0122. The van der Waals surface area contributed by atoms with Gasteiger partial charge in [-0.3, -0.25) is 9.48 Å². The summed E-state index contributed by atoms with van der Waals surface area (Å²) >= 11 is 1.68. The maximum absolute atomic E-state index is 11.9. The van der Waals surface area contributed by atoms with Gasteiger partial charge < -0.3 is 5.32 Å². The molecule has 0 bridgehead atoms. The lowest BCUT2D eigenvalue weighted by atomic mass is 9.96. The van der Waals surface area contributed by atoms with Crippen LogP contribution in [-0.4, -0.2) is 20.7 Å². The van der Waals surface area contributed by atoms with E-state index >= 15 is 0 Å². The van der Waals surface area contributed by atoms with Crippen molar-refractivity contribution >= 4 is 22.9 Å². The number of aromatic nitrogens is 3. The van der Waals surface area contributed by atoms with Gasteiger partial charge in [0.05, 0.1) is 29.1 Å². The van der Waals surface area contributed by atoms with E-state index < -0.39 is 5.41 Å². The molecule has 1 N–H and O–H groups in total. The van der Waals surface area contributed by atoms with Crippen molar-refractivity contribution in [2.75, 3.05) is 5.32 Å². The summed E-state index contributed by atoms with van der Waals surface area (Å²) in [7, 11) is 0. The number of nitrogens with one attached hydrogen (secondary N) is 1. The third-order valence-electron chi connectivity index (χ3n) is 2.88. The largest absolute Gasteiger partial charge is 0.323 e. The molecule has 0 fully saturated rings. The number of thiazole rings is 1. The van der Waals surface area contributed by atoms with Crippen molar-refractivity contribution in [3.8, 4) is 0 Å². The second kappa shape index (κ2) is 5.36. The summed E-state index contributed by atoms with van der Waals surface area (Å²) < 4.78 is 1.82. The summed E-state index contributed by atoms with van der Waals surface area (Å²) in [5, 5.41) is 8.21. The molecule has 0 saturated heterocycles. The molecule has 0 aliphatic heterocycles. The van der Waals surface area contributed by atoms with Gasteiger partial charge in [-0.1, -0.05) is 20.8 Å². The topological polar surface area (TPSA) is 59.8 Å². The predicted molar refractivity (Wildman–Crippen MR) is 81.0 cm³/mol. The molecule has 0 aliphatic carbocycles. The van der Waals surface area contributed by atoms with E-state index in [4.69, 9.17) is 0 Å². The van der Waals surface area contributed by atoms with E-state index in [-0.39, 0.29) is 5.91 Å². The van der Waals surface area contributed by atoms with Crippen LogP contribution in [0, 0.1) is 19.3 Å². The Morgan fingerprint density at radius 3 is 2.65 bits per heavy atom. The molecule has 0 atom stereocenters. The molecule has 20 heavy (non-hydrogen) atoms. The van der Waals surface area contributed by atoms with Gasteiger partial charge in [-0.2, -0.15) is 5.10 Å². The first-order valence-corrected chi connectivity index (χ1v) is 7.34. The minimum absolute atomic E-state index is 0.0122. The van der Waals surface area contributed by atoms with Gasteiger partial charge in [0.1, 0.15) is 0 Å². The first kappa shape index (κ1) is 14.7. The maximum Gasteiger partial charge on any atom is 0.229 e. The molecular formula is C14H20N4OS. The van der Waals surface area contributed by atoms with Crippen molar-refractivity contribution in [3.05, 3.63) is 28.0 Å². The molecular weight excluding hydrogens is 272 g/mol. The standard InChI is InChI=1S/C14H20N4OS/c1-9-12(20-10(2)16-9)8-18-7-11(6-15-18)17-13(19)14(3,4)5/h6-7H,8H2,1-5H3,(H,17,19). The Morgan fingerprint density at radius 2 is 2.10 bits per heavy atom. The molecule has 0 spiro atoms. The van der Waals surface area contributed by atoms with Crippen LogP contribution in [0.4, 0.5) is 5.69 Å². The van der Waals surface area contributed by atoms with Crippen LogP contribution in [0.1, 0.15) is 36.3 Å². The molecule has 2 aromatic heterocycles. The van der Waals surface area contributed by atoms with Gasteiger partial charge in [0.15, 0.2) is 0 Å². The number of hydrogen-bond acceptors (Lipinski definition) is 4. The summed E-state index contributed by atoms with van der Waals surface area (Å²) in [4.78, 5) is 17.5. The molecule has 1 amide bonds. The van der Waals surface area contributed by atoms with Gasteiger partial charge >= 0.3 is 0 Å². The van der Waals surface area contributed by atoms with Crippen LogP contribution in [0.3, 0.4) is 0 Å². The number of aryl methyl sites for hydroxylation is 2. The molecule has 2 rings (SSSR count). The summed E-state index contributed by atoms with van der Waals surface area (Å²) in [6.07, 6.45) is 3.52. The predicted octanol–water partition coefficient (Wildman–Crippen LogP) is 2.99. The third-order valence-corrected chi connectivity index (χ3v) is 3.94. The van der Waals surface area contributed by atoms with Crippen LogP contribution in [0.2, 0.25) is 0 Å². The van der Waals surface area contributed by atoms with Crippen molar-refractivity contribution in [2.45, 2.75) is 41.2 Å². The fourth-order valence-electron chi connectivity index (χ4n) is 1.70. The number of rotatable bonds is 3. The smallest absolute Gasteiger partial charge is 0.229 e. The van der Waals surface area contributed by atoms with Gasteiger partial charge in [-0.05, 0) is 13.8 Å². The zero-order chi connectivity index (χ0) is 14.9. The van der Waals surface area contributed by atoms with E-state index in [9.17, 15) is 4.79 Å². The van der Waals surface area contributed by atoms with Gasteiger partial charge in [-0.15, -0.1) is 11.3 Å². The zero-order valence-corrected chi connectivity index (χ0v) is 13.3. The Labute approximate surface area is 123 Å². The number of carbonyl (C=O) groups excluding carboxylic acids is 1. The Bertz CT molecular complexity index is 621. The lowest BCUT2D eigenvalue weighted by Crippen LogP contribution is -2.27. The molecule has 108 valence electrons. The van der Waals surface area contributed by atoms with E-state index in [1.54, 1.807) is 17.5 Å². The van der Waals surface area contributed by atoms with Crippen LogP contribution in [0.5, 0.6) is 0 Å². The van der Waals surface area contributed by atoms with Gasteiger partial charge in [0.2, 0.25) is 5.91 Å². The first-order chi connectivity index (χ1) is 9.25. The van der Waals surface area contributed by atoms with E-state index in [0.717, 1.165) is 16.4 Å². The van der Waals surface area contributed by atoms with Crippen LogP contribution >= 0.6 is 11.3 Å². The number of anilines is 1. The fraction of sp³-hybridized carbons (Fsp3) is 0.500. The lowest BCUT2D eigenvalue weighted by molar-refractivity contribution is -0.123. The SMILES string of the molecule is Cc1nc(C)c(Cn2cc(NC(=O)C(C)(C)C)cn2)s1. The Balaban J connectivity index is 2.06. The summed E-state index contributed by atoms with van der Waals surface area (Å²) in [6.45, 7) is 10.3. The van der Waals surface area contributed by atoms with Crippen LogP contribution in [-0.2, 0) is 11.3 Å². The highest BCUT2D eigenvalue weighted by molar-refractivity contribution is 7.11. The maximum atomic E-state index is 11.9. The lowest BCUT2D eigenvalue weighted by Gasteiger charge is -2.16. The van der Waals surface area contributed by atoms with Crippen molar-refractivity contribution in [1.29, 1.82) is 0 Å². The van der Waals surface area contributed by atoms with Gasteiger partial charge in [0.25, 0.3) is 0 Å². The second-order valence-electron chi connectivity index (χ2n) is 5.87. The van der Waals surface area contributed by atoms with E-state index in [1.165, 1.54) is 4.88 Å². The minimum atomic E-state index is -0.409. The third kappa shape index (κ3) is 3.45. The number of hydrogen-bond donors (Lipinski definition) is 1. The highest BCUT2D eigenvalue weighted by Crippen LogP contribution is 2.20. The minimum Gasteiger partial charge on any atom is -0.323 e. The van der Waals surface area contributed by atoms with Crippen molar-refractivity contribution < 1.29 is 4.79 Å². The fourth-order valence-corrected chi connectivity index (χ4v) is 2.63. The molecule has 0 radical (unpaired) electrons. The molecule has 5 nitrogen and oxygen atoms in total. The average molecular weight is 292 g/mol. The van der Waals surface area contributed by atoms with Crippen molar-refractivity contribution in [2.24, 2.45) is 5.41 Å². The molecule has 6 heteroatoms. The first-order valence-electron chi connectivity index (χ1n) is 6.52. The van der Waals surface area contributed by atoms with Crippen LogP contribution in [0.15, 0.2) is 12.4 Å². The second-order valence-corrected chi connectivity index (χ2v) is 7.16. The average Bonchev–Trinajstić information content (AvgIpc) is 2.86. The number of carbonyl (C=O) groups is 1. The van der Waals surface area contributed by atoms with Crippen LogP contribution in [0.25, 0.3) is 0 Å².